The van der Waals surface area contributed by atoms with E-state index in [1.54, 1.807) is 42.5 Å². The number of aryl methyl sites for hydroxylation is 1. The van der Waals surface area contributed by atoms with E-state index < -0.39 is 0 Å². The predicted molar refractivity (Wildman–Crippen MR) is 97.8 cm³/mol. The van der Waals surface area contributed by atoms with Crippen molar-refractivity contribution in [1.82, 2.24) is 5.32 Å². The first-order valence-corrected chi connectivity index (χ1v) is 8.31. The standard InChI is InChI=1S/C18H18Cl2N2O2/c1-12-11-15(20)8-9-16(12)22-17(23)3-2-10-21-18(24)13-4-6-14(19)7-5-13/h4-9,11H,2-3,10H2,1H3,(H,21,24)(H,22,23). The predicted octanol–water partition coefficient (Wildman–Crippen LogP) is 4.45. The van der Waals surface area contributed by atoms with Gasteiger partial charge in [-0.25, -0.2) is 0 Å². The van der Waals surface area contributed by atoms with Gasteiger partial charge >= 0.3 is 0 Å². The van der Waals surface area contributed by atoms with Crippen LogP contribution in [-0.2, 0) is 4.79 Å². The summed E-state index contributed by atoms with van der Waals surface area (Å²) in [5.74, 6) is -0.276. The summed E-state index contributed by atoms with van der Waals surface area (Å²) in [6, 6.07) is 12.0. The zero-order valence-corrected chi connectivity index (χ0v) is 14.7. The Bertz CT molecular complexity index is 730. The summed E-state index contributed by atoms with van der Waals surface area (Å²) in [6.45, 7) is 2.31. The zero-order chi connectivity index (χ0) is 17.5. The summed E-state index contributed by atoms with van der Waals surface area (Å²) in [6.07, 6.45) is 0.876. The van der Waals surface area contributed by atoms with Gasteiger partial charge in [0.1, 0.15) is 0 Å². The fourth-order valence-electron chi connectivity index (χ4n) is 2.13. The van der Waals surface area contributed by atoms with Crippen molar-refractivity contribution in [2.75, 3.05) is 11.9 Å². The molecule has 0 saturated carbocycles. The topological polar surface area (TPSA) is 58.2 Å². The molecule has 0 aliphatic rings. The lowest BCUT2D eigenvalue weighted by molar-refractivity contribution is -0.116. The number of carbonyl (C=O) groups excluding carboxylic acids is 2. The van der Waals surface area contributed by atoms with Crippen molar-refractivity contribution < 1.29 is 9.59 Å². The molecular weight excluding hydrogens is 347 g/mol. The fourth-order valence-corrected chi connectivity index (χ4v) is 2.49. The average Bonchev–Trinajstić information content (AvgIpc) is 2.55. The van der Waals surface area contributed by atoms with E-state index in [9.17, 15) is 9.59 Å². The van der Waals surface area contributed by atoms with Crippen molar-refractivity contribution in [2.45, 2.75) is 19.8 Å². The summed E-state index contributed by atoms with van der Waals surface area (Å²) in [5, 5.41) is 6.83. The maximum Gasteiger partial charge on any atom is 0.251 e. The molecule has 2 aromatic rings. The molecular formula is C18H18Cl2N2O2. The van der Waals surface area contributed by atoms with Crippen LogP contribution in [0.1, 0.15) is 28.8 Å². The smallest absolute Gasteiger partial charge is 0.251 e. The molecule has 0 unspecified atom stereocenters. The van der Waals surface area contributed by atoms with E-state index in [0.29, 0.717) is 35.0 Å². The maximum atomic E-state index is 11.9. The lowest BCUT2D eigenvalue weighted by Gasteiger charge is -2.09. The molecule has 0 spiro atoms. The Balaban J connectivity index is 1.72. The number of halogens is 2. The lowest BCUT2D eigenvalue weighted by atomic mass is 10.2. The molecule has 2 rings (SSSR count). The van der Waals surface area contributed by atoms with E-state index in [1.165, 1.54) is 0 Å². The number of carbonyl (C=O) groups is 2. The molecule has 6 heteroatoms. The second kappa shape index (κ2) is 8.71. The maximum absolute atomic E-state index is 11.9. The van der Waals surface area contributed by atoms with Crippen LogP contribution >= 0.6 is 23.2 Å². The molecule has 4 nitrogen and oxygen atoms in total. The van der Waals surface area contributed by atoms with Crippen LogP contribution in [0.15, 0.2) is 42.5 Å². The minimum Gasteiger partial charge on any atom is -0.352 e. The molecule has 0 aliphatic heterocycles. The molecule has 0 saturated heterocycles. The second-order valence-electron chi connectivity index (χ2n) is 5.37. The van der Waals surface area contributed by atoms with E-state index in [0.717, 1.165) is 11.3 Å². The van der Waals surface area contributed by atoms with Crippen LogP contribution in [0, 0.1) is 6.92 Å². The molecule has 24 heavy (non-hydrogen) atoms. The van der Waals surface area contributed by atoms with Crippen LogP contribution in [0.5, 0.6) is 0 Å². The monoisotopic (exact) mass is 364 g/mol. The molecule has 0 radical (unpaired) electrons. The Morgan fingerprint density at radius 1 is 1.00 bits per heavy atom. The molecule has 0 fully saturated rings. The van der Waals surface area contributed by atoms with Gasteiger partial charge in [-0.05, 0) is 61.4 Å². The highest BCUT2D eigenvalue weighted by Crippen LogP contribution is 2.19. The number of anilines is 1. The summed E-state index contributed by atoms with van der Waals surface area (Å²) in [4.78, 5) is 23.8. The van der Waals surface area contributed by atoms with E-state index >= 15 is 0 Å². The first-order chi connectivity index (χ1) is 11.5. The third kappa shape index (κ3) is 5.55. The Kier molecular flexibility index (Phi) is 6.64. The van der Waals surface area contributed by atoms with Crippen LogP contribution in [0.2, 0.25) is 10.0 Å². The van der Waals surface area contributed by atoms with Crippen molar-refractivity contribution in [2.24, 2.45) is 0 Å². The van der Waals surface area contributed by atoms with E-state index in [2.05, 4.69) is 10.6 Å². The largest absolute Gasteiger partial charge is 0.352 e. The number of rotatable bonds is 6. The Morgan fingerprint density at radius 3 is 2.33 bits per heavy atom. The van der Waals surface area contributed by atoms with Crippen LogP contribution in [-0.4, -0.2) is 18.4 Å². The summed E-state index contributed by atoms with van der Waals surface area (Å²) >= 11 is 11.7. The van der Waals surface area contributed by atoms with Gasteiger partial charge in [0.05, 0.1) is 0 Å². The number of nitrogens with one attached hydrogen (secondary N) is 2. The highest BCUT2D eigenvalue weighted by Gasteiger charge is 2.07. The Morgan fingerprint density at radius 2 is 1.67 bits per heavy atom. The van der Waals surface area contributed by atoms with Crippen molar-refractivity contribution in [3.05, 3.63) is 63.6 Å². The van der Waals surface area contributed by atoms with Crippen molar-refractivity contribution >= 4 is 40.7 Å². The number of hydrogen-bond acceptors (Lipinski definition) is 2. The van der Waals surface area contributed by atoms with E-state index in [4.69, 9.17) is 23.2 Å². The zero-order valence-electron chi connectivity index (χ0n) is 13.2. The highest BCUT2D eigenvalue weighted by molar-refractivity contribution is 6.31. The molecule has 2 aromatic carbocycles. The van der Waals surface area contributed by atoms with Crippen molar-refractivity contribution in [3.8, 4) is 0 Å². The normalized spacial score (nSPS) is 10.3. The molecule has 0 aliphatic carbocycles. The van der Waals surface area contributed by atoms with Gasteiger partial charge in [-0.2, -0.15) is 0 Å². The molecule has 0 aromatic heterocycles. The van der Waals surface area contributed by atoms with E-state index in [-0.39, 0.29) is 11.8 Å². The quantitative estimate of drug-likeness (QED) is 0.743. The summed E-state index contributed by atoms with van der Waals surface area (Å²) in [7, 11) is 0. The minimum absolute atomic E-state index is 0.0961. The SMILES string of the molecule is Cc1cc(Cl)ccc1NC(=O)CCCNC(=O)c1ccc(Cl)cc1. The van der Waals surface area contributed by atoms with Crippen LogP contribution in [0.25, 0.3) is 0 Å². The molecule has 0 bridgehead atoms. The van der Waals surface area contributed by atoms with Crippen molar-refractivity contribution in [1.29, 1.82) is 0 Å². The van der Waals surface area contributed by atoms with Gasteiger partial charge < -0.3 is 10.6 Å². The van der Waals surface area contributed by atoms with Gasteiger partial charge in [0.2, 0.25) is 5.91 Å². The van der Waals surface area contributed by atoms with Gasteiger partial charge in [-0.1, -0.05) is 23.2 Å². The lowest BCUT2D eigenvalue weighted by Crippen LogP contribution is -2.25. The second-order valence-corrected chi connectivity index (χ2v) is 6.25. The van der Waals surface area contributed by atoms with Gasteiger partial charge in [-0.15, -0.1) is 0 Å². The molecule has 0 atom stereocenters. The third-order valence-corrected chi connectivity index (χ3v) is 3.92. The Labute approximate surface area is 151 Å². The van der Waals surface area contributed by atoms with Gasteiger partial charge in [-0.3, -0.25) is 9.59 Å². The van der Waals surface area contributed by atoms with Gasteiger partial charge in [0, 0.05) is 34.3 Å². The first kappa shape index (κ1) is 18.3. The first-order valence-electron chi connectivity index (χ1n) is 7.55. The van der Waals surface area contributed by atoms with Crippen molar-refractivity contribution in [3.63, 3.8) is 0 Å². The minimum atomic E-state index is -0.180. The van der Waals surface area contributed by atoms with Gasteiger partial charge in [0.25, 0.3) is 5.91 Å². The number of benzene rings is 2. The van der Waals surface area contributed by atoms with E-state index in [1.807, 2.05) is 6.92 Å². The summed E-state index contributed by atoms with van der Waals surface area (Å²) < 4.78 is 0. The molecule has 0 heterocycles. The fraction of sp³-hybridized carbons (Fsp3) is 0.222. The molecule has 126 valence electrons. The average molecular weight is 365 g/mol. The number of hydrogen-bond donors (Lipinski definition) is 2. The van der Waals surface area contributed by atoms with Crippen LogP contribution in [0.4, 0.5) is 5.69 Å². The highest BCUT2D eigenvalue weighted by atomic mass is 35.5. The number of amides is 2. The van der Waals surface area contributed by atoms with Gasteiger partial charge in [0.15, 0.2) is 0 Å². The summed E-state index contributed by atoms with van der Waals surface area (Å²) in [5.41, 5.74) is 2.20. The van der Waals surface area contributed by atoms with Crippen LogP contribution < -0.4 is 10.6 Å². The Hall–Kier alpha value is -2.04. The molecule has 2 N–H and O–H groups in total. The van der Waals surface area contributed by atoms with Crippen LogP contribution in [0.3, 0.4) is 0 Å². The molecule has 2 amide bonds. The third-order valence-electron chi connectivity index (χ3n) is 3.44.